The van der Waals surface area contributed by atoms with Crippen molar-refractivity contribution >= 4 is 11.9 Å². The van der Waals surface area contributed by atoms with Gasteiger partial charge in [0.05, 0.1) is 25.1 Å². The van der Waals surface area contributed by atoms with Gasteiger partial charge in [-0.25, -0.2) is 4.79 Å². The number of carbonyl (C=O) groups excluding carboxylic acids is 2. The molecule has 1 spiro atoms. The zero-order valence-corrected chi connectivity index (χ0v) is 14.4. The van der Waals surface area contributed by atoms with Gasteiger partial charge in [-0.05, 0) is 24.8 Å². The Balaban J connectivity index is 1.65. The van der Waals surface area contributed by atoms with Gasteiger partial charge in [0, 0.05) is 22.0 Å². The van der Waals surface area contributed by atoms with Crippen molar-refractivity contribution in [3.8, 4) is 0 Å². The van der Waals surface area contributed by atoms with Crippen LogP contribution in [0.1, 0.15) is 31.4 Å². The van der Waals surface area contributed by atoms with Gasteiger partial charge in [-0.1, -0.05) is 25.2 Å². The molecule has 0 amide bonds. The Hall–Kier alpha value is -2.34. The van der Waals surface area contributed by atoms with Crippen molar-refractivity contribution < 1.29 is 28.6 Å². The molecule has 2 aliphatic heterocycles. The van der Waals surface area contributed by atoms with E-state index in [2.05, 4.69) is 0 Å². The first-order valence-corrected chi connectivity index (χ1v) is 8.93. The molecule has 3 heterocycles. The number of cyclic esters (lactones) is 2. The van der Waals surface area contributed by atoms with E-state index in [0.29, 0.717) is 30.6 Å². The predicted molar refractivity (Wildman–Crippen MR) is 88.5 cm³/mol. The van der Waals surface area contributed by atoms with Crippen LogP contribution in [0.2, 0.25) is 0 Å². The predicted octanol–water partition coefficient (Wildman–Crippen LogP) is 2.31. The van der Waals surface area contributed by atoms with E-state index in [4.69, 9.17) is 13.9 Å². The third-order valence-corrected chi connectivity index (χ3v) is 6.97. The van der Waals surface area contributed by atoms with Crippen LogP contribution in [0.15, 0.2) is 46.8 Å². The van der Waals surface area contributed by atoms with Gasteiger partial charge in [-0.2, -0.15) is 0 Å². The molecule has 6 heteroatoms. The maximum absolute atomic E-state index is 12.8. The number of aliphatic hydroxyl groups excluding tert-OH is 1. The highest BCUT2D eigenvalue weighted by Gasteiger charge is 2.66. The van der Waals surface area contributed by atoms with Crippen LogP contribution in [0, 0.1) is 22.7 Å². The number of allylic oxidation sites excluding steroid dienone is 2. The van der Waals surface area contributed by atoms with Gasteiger partial charge in [0.1, 0.15) is 6.10 Å². The van der Waals surface area contributed by atoms with Crippen LogP contribution in [-0.2, 0) is 19.1 Å². The van der Waals surface area contributed by atoms with Gasteiger partial charge >= 0.3 is 11.9 Å². The van der Waals surface area contributed by atoms with Crippen LogP contribution in [-0.4, -0.2) is 29.8 Å². The molecule has 2 fully saturated rings. The first kappa shape index (κ1) is 15.9. The third kappa shape index (κ3) is 1.75. The highest BCUT2D eigenvalue weighted by atomic mass is 16.6. The molecule has 0 aromatic carbocycles. The number of ether oxygens (including phenoxy) is 2. The lowest BCUT2D eigenvalue weighted by Gasteiger charge is -2.57. The molecule has 1 aromatic heterocycles. The maximum atomic E-state index is 12.8. The molecule has 6 unspecified atom stereocenters. The summed E-state index contributed by atoms with van der Waals surface area (Å²) in [7, 11) is 0. The van der Waals surface area contributed by atoms with Crippen molar-refractivity contribution in [2.45, 2.75) is 32.0 Å². The van der Waals surface area contributed by atoms with Gasteiger partial charge in [0.2, 0.25) is 0 Å². The molecule has 2 aliphatic carbocycles. The zero-order valence-electron chi connectivity index (χ0n) is 14.4. The van der Waals surface area contributed by atoms with Crippen LogP contribution in [0.5, 0.6) is 0 Å². The molecule has 0 bridgehead atoms. The van der Waals surface area contributed by atoms with Crippen molar-refractivity contribution in [2.24, 2.45) is 22.7 Å². The summed E-state index contributed by atoms with van der Waals surface area (Å²) >= 11 is 0. The molecular formula is C20H20O6. The van der Waals surface area contributed by atoms with Crippen molar-refractivity contribution in [2.75, 3.05) is 6.61 Å². The molecule has 5 rings (SSSR count). The number of rotatable bonds is 1. The van der Waals surface area contributed by atoms with Gasteiger partial charge in [-0.15, -0.1) is 0 Å². The maximum Gasteiger partial charge on any atom is 0.335 e. The molecule has 1 N–H and O–H groups in total. The van der Waals surface area contributed by atoms with E-state index in [1.165, 1.54) is 12.5 Å². The Morgan fingerprint density at radius 1 is 1.31 bits per heavy atom. The van der Waals surface area contributed by atoms with E-state index in [1.54, 1.807) is 6.07 Å². The number of carbonyl (C=O) groups is 2. The minimum absolute atomic E-state index is 0.0892. The fourth-order valence-corrected chi connectivity index (χ4v) is 5.58. The van der Waals surface area contributed by atoms with Crippen molar-refractivity contribution in [3.05, 3.63) is 48.0 Å². The van der Waals surface area contributed by atoms with Crippen molar-refractivity contribution in [3.63, 3.8) is 0 Å². The summed E-state index contributed by atoms with van der Waals surface area (Å²) < 4.78 is 16.1. The van der Waals surface area contributed by atoms with Crippen LogP contribution >= 0.6 is 0 Å². The minimum atomic E-state index is -0.936. The van der Waals surface area contributed by atoms with Crippen LogP contribution in [0.3, 0.4) is 0 Å². The summed E-state index contributed by atoms with van der Waals surface area (Å²) in [5.41, 5.74) is -0.1000. The lowest BCUT2D eigenvalue weighted by atomic mass is 9.47. The summed E-state index contributed by atoms with van der Waals surface area (Å²) in [5, 5.41) is 11.3. The van der Waals surface area contributed by atoms with E-state index >= 15 is 0 Å². The quantitative estimate of drug-likeness (QED) is 0.614. The number of hydrogen-bond acceptors (Lipinski definition) is 6. The molecular weight excluding hydrogens is 336 g/mol. The molecule has 136 valence electrons. The SMILES string of the molecule is CC12C(=CCC34COC(=O)C3C=CCC41)C(=O)OC(c1ccoc1)C2O. The number of aliphatic hydroxyl groups is 1. The molecule has 6 nitrogen and oxygen atoms in total. The highest BCUT2D eigenvalue weighted by molar-refractivity contribution is 5.92. The topological polar surface area (TPSA) is 86.0 Å². The summed E-state index contributed by atoms with van der Waals surface area (Å²) in [6.45, 7) is 2.24. The summed E-state index contributed by atoms with van der Waals surface area (Å²) in [5.74, 6) is -1.04. The van der Waals surface area contributed by atoms with Crippen LogP contribution in [0.4, 0.5) is 0 Å². The molecule has 1 aromatic rings. The number of hydrogen-bond donors (Lipinski definition) is 1. The van der Waals surface area contributed by atoms with Gasteiger partial charge in [-0.3, -0.25) is 4.79 Å². The summed E-state index contributed by atoms with van der Waals surface area (Å²) in [6.07, 6.45) is 8.27. The molecule has 2 saturated heterocycles. The van der Waals surface area contributed by atoms with E-state index in [-0.39, 0.29) is 17.8 Å². The highest BCUT2D eigenvalue weighted by Crippen LogP contribution is 2.64. The van der Waals surface area contributed by atoms with Gasteiger partial charge in [0.25, 0.3) is 0 Å². The number of esters is 2. The fraction of sp³-hybridized carbons (Fsp3) is 0.500. The second-order valence-corrected chi connectivity index (χ2v) is 7.97. The normalized spacial score (nSPS) is 43.7. The Morgan fingerprint density at radius 2 is 2.15 bits per heavy atom. The lowest BCUT2D eigenvalue weighted by Crippen LogP contribution is -2.59. The first-order valence-electron chi connectivity index (χ1n) is 8.93. The fourth-order valence-electron chi connectivity index (χ4n) is 5.58. The summed E-state index contributed by atoms with van der Waals surface area (Å²) in [6, 6.07) is 1.70. The molecule has 26 heavy (non-hydrogen) atoms. The van der Waals surface area contributed by atoms with Crippen LogP contribution in [0.25, 0.3) is 0 Å². The molecule has 6 atom stereocenters. The van der Waals surface area contributed by atoms with E-state index in [9.17, 15) is 14.7 Å². The molecule has 4 aliphatic rings. The average Bonchev–Trinajstić information content (AvgIpc) is 3.27. The Bertz CT molecular complexity index is 836. The Kier molecular flexibility index (Phi) is 3.11. The summed E-state index contributed by atoms with van der Waals surface area (Å²) in [4.78, 5) is 25.0. The second kappa shape index (κ2) is 5.10. The van der Waals surface area contributed by atoms with Gasteiger partial charge < -0.3 is 19.0 Å². The second-order valence-electron chi connectivity index (χ2n) is 7.97. The standard InChI is InChI=1S/C20H20O6/c1-19-12(18(23)26-15(16(19)21)11-6-8-24-9-11)5-7-20-10-25-17(22)13(20)3-2-4-14(19)20/h2-3,5-6,8-9,13-16,21H,4,7,10H2,1H3. The van der Waals surface area contributed by atoms with Gasteiger partial charge in [0.15, 0.2) is 6.10 Å². The van der Waals surface area contributed by atoms with Crippen molar-refractivity contribution in [1.29, 1.82) is 0 Å². The lowest BCUT2D eigenvalue weighted by molar-refractivity contribution is -0.184. The number of furan rings is 1. The van der Waals surface area contributed by atoms with E-state index in [0.717, 1.165) is 0 Å². The van der Waals surface area contributed by atoms with Crippen LogP contribution < -0.4 is 0 Å². The average molecular weight is 356 g/mol. The molecule has 0 saturated carbocycles. The number of fused-ring (bicyclic) bond motifs is 2. The smallest absolute Gasteiger partial charge is 0.335 e. The van der Waals surface area contributed by atoms with Crippen molar-refractivity contribution in [1.82, 2.24) is 0 Å². The minimum Gasteiger partial charge on any atom is -0.472 e. The first-order chi connectivity index (χ1) is 12.5. The van der Waals surface area contributed by atoms with E-state index < -0.39 is 29.0 Å². The zero-order chi connectivity index (χ0) is 18.1. The Morgan fingerprint density at radius 3 is 2.92 bits per heavy atom. The molecule has 0 radical (unpaired) electrons. The monoisotopic (exact) mass is 356 g/mol. The third-order valence-electron chi connectivity index (χ3n) is 6.97. The van der Waals surface area contributed by atoms with E-state index in [1.807, 2.05) is 25.2 Å². The Labute approximate surface area is 150 Å². The largest absolute Gasteiger partial charge is 0.472 e.